The fraction of sp³-hybridized carbons (Fsp3) is 0.333. The molecule has 1 heterocycles. The Kier molecular flexibility index (Phi) is 6.92. The summed E-state index contributed by atoms with van der Waals surface area (Å²) in [5, 5.41) is 9.69. The number of carbonyl (C=O) groups excluding carboxylic acids is 2. The highest BCUT2D eigenvalue weighted by Crippen LogP contribution is 2.20. The van der Waals surface area contributed by atoms with Crippen molar-refractivity contribution in [3.05, 3.63) is 11.3 Å². The molecule has 22 heavy (non-hydrogen) atoms. The molecular formula is C18H14O4. The maximum atomic E-state index is 11.9. The summed E-state index contributed by atoms with van der Waals surface area (Å²) in [4.78, 5) is 23.6. The third-order valence-electron chi connectivity index (χ3n) is 2.55. The van der Waals surface area contributed by atoms with Crippen molar-refractivity contribution in [2.24, 2.45) is 0 Å². The molecule has 0 aromatic rings. The van der Waals surface area contributed by atoms with E-state index < -0.39 is 17.9 Å². The van der Waals surface area contributed by atoms with Crippen LogP contribution in [0.4, 0.5) is 0 Å². The van der Waals surface area contributed by atoms with Crippen LogP contribution in [-0.2, 0) is 14.3 Å². The molecule has 0 amide bonds. The molecule has 0 bridgehead atoms. The van der Waals surface area contributed by atoms with E-state index in [1.807, 2.05) is 6.92 Å². The summed E-state index contributed by atoms with van der Waals surface area (Å²) < 4.78 is 5.00. The molecule has 1 aliphatic heterocycles. The van der Waals surface area contributed by atoms with Crippen molar-refractivity contribution in [3.8, 4) is 47.4 Å². The average Bonchev–Trinajstić information content (AvgIpc) is 2.46. The first-order chi connectivity index (χ1) is 10.6. The fourth-order valence-electron chi connectivity index (χ4n) is 1.64. The molecule has 0 aliphatic carbocycles. The van der Waals surface area contributed by atoms with Crippen LogP contribution in [0.5, 0.6) is 0 Å². The molecule has 0 aromatic heterocycles. The number of aliphatic hydroxyl groups is 1. The summed E-state index contributed by atoms with van der Waals surface area (Å²) in [6.07, 6.45) is -0.0534. The Hall–Kier alpha value is -3.08. The molecule has 0 aromatic carbocycles. The van der Waals surface area contributed by atoms with Crippen LogP contribution < -0.4 is 0 Å². The summed E-state index contributed by atoms with van der Waals surface area (Å²) in [6.45, 7) is 3.49. The second-order valence-electron chi connectivity index (χ2n) is 4.24. The van der Waals surface area contributed by atoms with Gasteiger partial charge in [0, 0.05) is 6.42 Å². The lowest BCUT2D eigenvalue weighted by molar-refractivity contribution is -0.148. The van der Waals surface area contributed by atoms with E-state index in [-0.39, 0.29) is 24.2 Å². The highest BCUT2D eigenvalue weighted by molar-refractivity contribution is 6.19. The van der Waals surface area contributed by atoms with Gasteiger partial charge in [-0.1, -0.05) is 12.8 Å². The Morgan fingerprint density at radius 1 is 1.18 bits per heavy atom. The molecule has 0 spiro atoms. The number of carbonyl (C=O) groups is 2. The van der Waals surface area contributed by atoms with Gasteiger partial charge < -0.3 is 9.84 Å². The van der Waals surface area contributed by atoms with Crippen molar-refractivity contribution < 1.29 is 19.4 Å². The Morgan fingerprint density at radius 3 is 2.41 bits per heavy atom. The lowest BCUT2D eigenvalue weighted by Crippen LogP contribution is -2.32. The number of rotatable bonds is 2. The van der Waals surface area contributed by atoms with E-state index in [2.05, 4.69) is 47.4 Å². The van der Waals surface area contributed by atoms with Crippen LogP contribution >= 0.6 is 0 Å². The Morgan fingerprint density at radius 2 is 1.82 bits per heavy atom. The number of hydrogen-bond donors (Lipinski definition) is 1. The molecule has 4 heteroatoms. The zero-order valence-corrected chi connectivity index (χ0v) is 12.4. The van der Waals surface area contributed by atoms with Crippen LogP contribution in [0.2, 0.25) is 0 Å². The number of Topliss-reactive ketones (excluding diaryl/α,β-unsaturated/α-hetero) is 1. The minimum Gasteiger partial charge on any atom is -0.511 e. The van der Waals surface area contributed by atoms with Gasteiger partial charge in [0.05, 0.1) is 6.42 Å². The predicted molar refractivity (Wildman–Crippen MR) is 80.8 cm³/mol. The second-order valence-corrected chi connectivity index (χ2v) is 4.24. The minimum absolute atomic E-state index is 0.0868. The van der Waals surface area contributed by atoms with Crippen molar-refractivity contribution in [2.75, 3.05) is 0 Å². The molecule has 110 valence electrons. The van der Waals surface area contributed by atoms with Gasteiger partial charge in [-0.05, 0) is 54.8 Å². The summed E-state index contributed by atoms with van der Waals surface area (Å²) in [5.41, 5.74) is -0.269. The highest BCUT2D eigenvalue weighted by Gasteiger charge is 2.33. The van der Waals surface area contributed by atoms with Gasteiger partial charge in [0.1, 0.15) is 11.3 Å². The van der Waals surface area contributed by atoms with Crippen LogP contribution in [0.3, 0.4) is 0 Å². The van der Waals surface area contributed by atoms with Crippen molar-refractivity contribution in [3.63, 3.8) is 0 Å². The van der Waals surface area contributed by atoms with E-state index in [0.717, 1.165) is 0 Å². The van der Waals surface area contributed by atoms with Crippen LogP contribution in [0.25, 0.3) is 0 Å². The summed E-state index contributed by atoms with van der Waals surface area (Å²) in [5.74, 6) is 18.5. The smallest absolute Gasteiger partial charge is 0.346 e. The third-order valence-corrected chi connectivity index (χ3v) is 2.55. The SMILES string of the molecule is CC#CC#CC#CC#CC1CC(=O)C(=C(O)CCC)C(=O)O1. The van der Waals surface area contributed by atoms with E-state index in [1.165, 1.54) is 0 Å². The van der Waals surface area contributed by atoms with Gasteiger partial charge in [-0.3, -0.25) is 4.79 Å². The molecule has 1 unspecified atom stereocenters. The quantitative estimate of drug-likeness (QED) is 0.276. The maximum Gasteiger partial charge on any atom is 0.346 e. The highest BCUT2D eigenvalue weighted by atomic mass is 16.5. The molecular weight excluding hydrogens is 280 g/mol. The van der Waals surface area contributed by atoms with Gasteiger partial charge in [0.2, 0.25) is 0 Å². The summed E-state index contributed by atoms with van der Waals surface area (Å²) >= 11 is 0. The zero-order valence-electron chi connectivity index (χ0n) is 12.4. The fourth-order valence-corrected chi connectivity index (χ4v) is 1.64. The normalized spacial score (nSPS) is 18.0. The van der Waals surface area contributed by atoms with Crippen LogP contribution in [0.15, 0.2) is 11.3 Å². The first-order valence-corrected chi connectivity index (χ1v) is 6.68. The molecule has 4 nitrogen and oxygen atoms in total. The number of esters is 1. The number of cyclic esters (lactones) is 1. The standard InChI is InChI=1S/C18H14O4/c1-3-5-6-7-8-9-10-12-14-13-16(20)17(18(21)22-14)15(19)11-4-2/h14,19H,4,11,13H2,1-2H3. The Balaban J connectivity index is 2.76. The maximum absolute atomic E-state index is 11.9. The van der Waals surface area contributed by atoms with Crippen molar-refractivity contribution in [1.82, 2.24) is 0 Å². The van der Waals surface area contributed by atoms with Gasteiger partial charge in [-0.2, -0.15) is 0 Å². The largest absolute Gasteiger partial charge is 0.511 e. The zero-order chi connectivity index (χ0) is 16.4. The number of ether oxygens (including phenoxy) is 1. The van der Waals surface area contributed by atoms with Gasteiger partial charge in [0.15, 0.2) is 11.9 Å². The van der Waals surface area contributed by atoms with Crippen molar-refractivity contribution in [1.29, 1.82) is 0 Å². The molecule has 1 atom stereocenters. The molecule has 1 saturated heterocycles. The first-order valence-electron chi connectivity index (χ1n) is 6.68. The van der Waals surface area contributed by atoms with E-state index in [0.29, 0.717) is 6.42 Å². The molecule has 0 saturated carbocycles. The van der Waals surface area contributed by atoms with Crippen molar-refractivity contribution in [2.45, 2.75) is 39.2 Å². The Bertz CT molecular complexity index is 720. The minimum atomic E-state index is -0.851. The van der Waals surface area contributed by atoms with Gasteiger partial charge in [0.25, 0.3) is 0 Å². The van der Waals surface area contributed by atoms with Crippen LogP contribution in [0.1, 0.15) is 33.1 Å². The predicted octanol–water partition coefficient (Wildman–Crippen LogP) is 1.52. The number of ketones is 1. The number of hydrogen-bond acceptors (Lipinski definition) is 4. The third kappa shape index (κ3) is 5.13. The van der Waals surface area contributed by atoms with E-state index in [9.17, 15) is 14.7 Å². The Labute approximate surface area is 129 Å². The number of allylic oxidation sites excluding steroid dienone is 1. The van der Waals surface area contributed by atoms with Gasteiger partial charge in [-0.15, -0.1) is 0 Å². The van der Waals surface area contributed by atoms with E-state index in [4.69, 9.17) is 4.74 Å². The molecule has 1 rings (SSSR count). The average molecular weight is 294 g/mol. The van der Waals surface area contributed by atoms with Crippen LogP contribution in [0, 0.1) is 47.4 Å². The first kappa shape index (κ1) is 17.0. The van der Waals surface area contributed by atoms with Crippen LogP contribution in [-0.4, -0.2) is 23.0 Å². The molecule has 1 N–H and O–H groups in total. The lowest BCUT2D eigenvalue weighted by atomic mass is 9.99. The van der Waals surface area contributed by atoms with E-state index in [1.54, 1.807) is 6.92 Å². The van der Waals surface area contributed by atoms with E-state index >= 15 is 0 Å². The van der Waals surface area contributed by atoms with Gasteiger partial charge >= 0.3 is 5.97 Å². The second kappa shape index (κ2) is 8.97. The summed E-state index contributed by atoms with van der Waals surface area (Å²) in [6, 6.07) is 0. The molecule has 1 aliphatic rings. The van der Waals surface area contributed by atoms with Gasteiger partial charge in [-0.25, -0.2) is 4.79 Å². The number of aliphatic hydroxyl groups excluding tert-OH is 1. The summed E-state index contributed by atoms with van der Waals surface area (Å²) in [7, 11) is 0. The van der Waals surface area contributed by atoms with Crippen molar-refractivity contribution >= 4 is 11.8 Å². The lowest BCUT2D eigenvalue weighted by Gasteiger charge is -2.19. The molecule has 0 radical (unpaired) electrons. The topological polar surface area (TPSA) is 63.6 Å². The molecule has 1 fully saturated rings. The monoisotopic (exact) mass is 294 g/mol.